The summed E-state index contributed by atoms with van der Waals surface area (Å²) in [6, 6.07) is 11.2. The number of benzene rings is 1. The average Bonchev–Trinajstić information content (AvgIpc) is 2.86. The molecule has 0 spiro atoms. The molecule has 3 rings (SSSR count). The van der Waals surface area contributed by atoms with E-state index in [1.54, 1.807) is 0 Å². The molecule has 1 aromatic heterocycles. The molecule has 0 fully saturated rings. The van der Waals surface area contributed by atoms with Crippen molar-refractivity contribution in [2.45, 2.75) is 16.7 Å². The summed E-state index contributed by atoms with van der Waals surface area (Å²) in [6.45, 7) is 2.20. The Labute approximate surface area is 117 Å². The zero-order valence-electron chi connectivity index (χ0n) is 10.7. The molecule has 1 atom stereocenters. The van der Waals surface area contributed by atoms with Crippen LogP contribution in [0.25, 0.3) is 0 Å². The molecular formula is C15H17NS2. The number of rotatable bonds is 2. The fourth-order valence-electron chi connectivity index (χ4n) is 2.69. The SMILES string of the molecule is CSc1cc(C2CN(C)Cc3ccccc32)cs1. The fraction of sp³-hybridized carbons (Fsp3) is 0.333. The molecule has 0 saturated carbocycles. The third-order valence-electron chi connectivity index (χ3n) is 3.56. The summed E-state index contributed by atoms with van der Waals surface area (Å²) in [5, 5.41) is 2.33. The van der Waals surface area contributed by atoms with Crippen molar-refractivity contribution < 1.29 is 0 Å². The highest BCUT2D eigenvalue weighted by molar-refractivity contribution is 8.00. The van der Waals surface area contributed by atoms with Crippen LogP contribution in [0.3, 0.4) is 0 Å². The summed E-state index contributed by atoms with van der Waals surface area (Å²) in [5.41, 5.74) is 4.47. The Kier molecular flexibility index (Phi) is 3.46. The van der Waals surface area contributed by atoms with Crippen LogP contribution in [-0.4, -0.2) is 24.7 Å². The van der Waals surface area contributed by atoms with Gasteiger partial charge in [-0.05, 0) is 41.4 Å². The van der Waals surface area contributed by atoms with Crippen molar-refractivity contribution in [3.63, 3.8) is 0 Å². The molecule has 0 amide bonds. The summed E-state index contributed by atoms with van der Waals surface area (Å²) >= 11 is 3.70. The average molecular weight is 275 g/mol. The molecule has 1 nitrogen and oxygen atoms in total. The lowest BCUT2D eigenvalue weighted by Gasteiger charge is -2.32. The van der Waals surface area contributed by atoms with E-state index in [2.05, 4.69) is 53.9 Å². The third kappa shape index (κ3) is 2.22. The Balaban J connectivity index is 2.01. The first-order chi connectivity index (χ1) is 8.78. The van der Waals surface area contributed by atoms with Crippen molar-refractivity contribution in [1.29, 1.82) is 0 Å². The molecule has 3 heteroatoms. The predicted molar refractivity (Wildman–Crippen MR) is 80.7 cm³/mol. The van der Waals surface area contributed by atoms with E-state index in [0.29, 0.717) is 5.92 Å². The van der Waals surface area contributed by atoms with Crippen molar-refractivity contribution in [1.82, 2.24) is 4.90 Å². The van der Waals surface area contributed by atoms with E-state index in [9.17, 15) is 0 Å². The van der Waals surface area contributed by atoms with Crippen LogP contribution in [-0.2, 0) is 6.54 Å². The molecule has 0 N–H and O–H groups in total. The Morgan fingerprint density at radius 1 is 1.33 bits per heavy atom. The molecule has 0 saturated heterocycles. The lowest BCUT2D eigenvalue weighted by molar-refractivity contribution is 0.295. The van der Waals surface area contributed by atoms with E-state index in [-0.39, 0.29) is 0 Å². The van der Waals surface area contributed by atoms with Gasteiger partial charge in [-0.2, -0.15) is 0 Å². The number of hydrogen-bond acceptors (Lipinski definition) is 3. The fourth-order valence-corrected chi connectivity index (χ4v) is 4.16. The van der Waals surface area contributed by atoms with Crippen LogP contribution in [0, 0.1) is 0 Å². The predicted octanol–water partition coefficient (Wildman–Crippen LogP) is 4.05. The molecule has 0 bridgehead atoms. The highest BCUT2D eigenvalue weighted by Gasteiger charge is 2.24. The summed E-state index contributed by atoms with van der Waals surface area (Å²) in [6.07, 6.45) is 2.15. The first-order valence-electron chi connectivity index (χ1n) is 6.16. The number of likely N-dealkylation sites (N-methyl/N-ethyl adjacent to an activating group) is 1. The quantitative estimate of drug-likeness (QED) is 0.761. The minimum absolute atomic E-state index is 0.539. The van der Waals surface area contributed by atoms with Crippen molar-refractivity contribution in [3.8, 4) is 0 Å². The highest BCUT2D eigenvalue weighted by atomic mass is 32.2. The molecule has 2 aromatic rings. The Morgan fingerprint density at radius 2 is 2.17 bits per heavy atom. The summed E-state index contributed by atoms with van der Waals surface area (Å²) in [5.74, 6) is 0.539. The minimum atomic E-state index is 0.539. The maximum absolute atomic E-state index is 2.42. The topological polar surface area (TPSA) is 3.24 Å². The van der Waals surface area contributed by atoms with E-state index in [0.717, 1.165) is 13.1 Å². The summed E-state index contributed by atoms with van der Waals surface area (Å²) in [7, 11) is 2.21. The molecule has 1 aliphatic rings. The second-order valence-electron chi connectivity index (χ2n) is 4.85. The first-order valence-corrected chi connectivity index (χ1v) is 8.27. The van der Waals surface area contributed by atoms with Crippen LogP contribution in [0.4, 0.5) is 0 Å². The largest absolute Gasteiger partial charge is 0.301 e. The second-order valence-corrected chi connectivity index (χ2v) is 6.87. The van der Waals surface area contributed by atoms with E-state index < -0.39 is 0 Å². The van der Waals surface area contributed by atoms with Crippen molar-refractivity contribution in [3.05, 3.63) is 52.4 Å². The standard InChI is InChI=1S/C15H17NS2/c1-16-8-11-5-3-4-6-13(11)14(9-16)12-7-15(17-2)18-10-12/h3-7,10,14H,8-9H2,1-2H3. The lowest BCUT2D eigenvalue weighted by Crippen LogP contribution is -2.30. The maximum Gasteiger partial charge on any atom is 0.0598 e. The summed E-state index contributed by atoms with van der Waals surface area (Å²) in [4.78, 5) is 2.42. The van der Waals surface area contributed by atoms with Gasteiger partial charge in [0.15, 0.2) is 0 Å². The van der Waals surface area contributed by atoms with E-state index in [4.69, 9.17) is 0 Å². The lowest BCUT2D eigenvalue weighted by atomic mass is 9.86. The van der Waals surface area contributed by atoms with Crippen LogP contribution in [0.15, 0.2) is 39.9 Å². The molecule has 0 radical (unpaired) electrons. The Hall–Kier alpha value is -0.770. The number of hydrogen-bond donors (Lipinski definition) is 0. The molecule has 1 aliphatic heterocycles. The van der Waals surface area contributed by atoms with Gasteiger partial charge in [-0.25, -0.2) is 0 Å². The normalized spacial score (nSPS) is 19.8. The van der Waals surface area contributed by atoms with Crippen LogP contribution >= 0.6 is 23.1 Å². The molecule has 94 valence electrons. The Morgan fingerprint density at radius 3 is 2.94 bits per heavy atom. The minimum Gasteiger partial charge on any atom is -0.301 e. The van der Waals surface area contributed by atoms with Crippen LogP contribution in [0.2, 0.25) is 0 Å². The first kappa shape index (κ1) is 12.3. The monoisotopic (exact) mass is 275 g/mol. The van der Waals surface area contributed by atoms with Crippen molar-refractivity contribution in [2.75, 3.05) is 19.8 Å². The smallest absolute Gasteiger partial charge is 0.0598 e. The van der Waals surface area contributed by atoms with Gasteiger partial charge in [0.25, 0.3) is 0 Å². The maximum atomic E-state index is 2.42. The molecule has 1 aromatic carbocycles. The molecular weight excluding hydrogens is 258 g/mol. The van der Waals surface area contributed by atoms with E-state index in [1.807, 2.05) is 23.1 Å². The summed E-state index contributed by atoms with van der Waals surface area (Å²) < 4.78 is 1.41. The zero-order valence-corrected chi connectivity index (χ0v) is 12.4. The second kappa shape index (κ2) is 5.08. The van der Waals surface area contributed by atoms with Gasteiger partial charge in [0.05, 0.1) is 4.21 Å². The van der Waals surface area contributed by atoms with E-state index in [1.165, 1.54) is 20.9 Å². The molecule has 1 unspecified atom stereocenters. The zero-order chi connectivity index (χ0) is 12.5. The van der Waals surface area contributed by atoms with Crippen LogP contribution < -0.4 is 0 Å². The van der Waals surface area contributed by atoms with Crippen LogP contribution in [0.5, 0.6) is 0 Å². The van der Waals surface area contributed by atoms with Gasteiger partial charge in [-0.1, -0.05) is 24.3 Å². The van der Waals surface area contributed by atoms with Gasteiger partial charge in [0.1, 0.15) is 0 Å². The molecule has 18 heavy (non-hydrogen) atoms. The molecule has 2 heterocycles. The van der Waals surface area contributed by atoms with Crippen molar-refractivity contribution in [2.24, 2.45) is 0 Å². The molecule has 0 aliphatic carbocycles. The van der Waals surface area contributed by atoms with Crippen molar-refractivity contribution >= 4 is 23.1 Å². The number of nitrogens with zero attached hydrogens (tertiary/aromatic N) is 1. The number of thioether (sulfide) groups is 1. The number of fused-ring (bicyclic) bond motifs is 1. The van der Waals surface area contributed by atoms with Gasteiger partial charge in [-0.3, -0.25) is 0 Å². The van der Waals surface area contributed by atoms with E-state index >= 15 is 0 Å². The van der Waals surface area contributed by atoms with Gasteiger partial charge in [0, 0.05) is 19.0 Å². The van der Waals surface area contributed by atoms with Gasteiger partial charge in [-0.15, -0.1) is 23.1 Å². The number of thiophene rings is 1. The highest BCUT2D eigenvalue weighted by Crippen LogP contribution is 2.36. The Bertz CT molecular complexity index is 547. The van der Waals surface area contributed by atoms with Gasteiger partial charge >= 0.3 is 0 Å². The van der Waals surface area contributed by atoms with Crippen LogP contribution in [0.1, 0.15) is 22.6 Å². The van der Waals surface area contributed by atoms with Gasteiger partial charge in [0.2, 0.25) is 0 Å². The third-order valence-corrected chi connectivity index (χ3v) is 5.61. The van der Waals surface area contributed by atoms with Gasteiger partial charge < -0.3 is 4.90 Å².